The molecule has 0 aliphatic carbocycles. The molecule has 1 aromatic heterocycles. The lowest BCUT2D eigenvalue weighted by Gasteiger charge is -1.95. The quantitative estimate of drug-likeness (QED) is 0.826. The highest BCUT2D eigenvalue weighted by Crippen LogP contribution is 2.17. The average molecular weight is 218 g/mol. The number of hydrogen-bond donors (Lipinski definition) is 2. The van der Waals surface area contributed by atoms with E-state index in [1.807, 2.05) is 18.2 Å². The first-order chi connectivity index (χ1) is 7.70. The molecule has 84 valence electrons. The summed E-state index contributed by atoms with van der Waals surface area (Å²) >= 11 is 0. The highest BCUT2D eigenvalue weighted by atomic mass is 16.4. The molecule has 4 nitrogen and oxygen atoms in total. The van der Waals surface area contributed by atoms with E-state index in [9.17, 15) is 4.79 Å². The van der Waals surface area contributed by atoms with Crippen molar-refractivity contribution in [3.05, 3.63) is 29.6 Å². The molecular weight excluding hydrogens is 204 g/mol. The molecule has 2 aromatic rings. The largest absolute Gasteiger partial charge is 0.481 e. The number of carbonyl (C=O) groups is 1. The molecule has 0 aliphatic heterocycles. The number of benzene rings is 1. The van der Waals surface area contributed by atoms with E-state index in [-0.39, 0.29) is 6.42 Å². The first kappa shape index (κ1) is 10.7. The van der Waals surface area contributed by atoms with Crippen molar-refractivity contribution in [3.63, 3.8) is 0 Å². The molecule has 0 unspecified atom stereocenters. The maximum atomic E-state index is 10.5. The Balaban J connectivity index is 2.32. The smallest absolute Gasteiger partial charge is 0.303 e. The van der Waals surface area contributed by atoms with Gasteiger partial charge in [0.05, 0.1) is 17.5 Å². The number of carboxylic acid groups (broad SMARTS) is 1. The predicted molar refractivity (Wildman–Crippen MR) is 61.4 cm³/mol. The van der Waals surface area contributed by atoms with Crippen LogP contribution in [0.4, 0.5) is 0 Å². The van der Waals surface area contributed by atoms with Crippen LogP contribution >= 0.6 is 0 Å². The molecule has 4 heteroatoms. The zero-order valence-corrected chi connectivity index (χ0v) is 9.16. The third-order valence-electron chi connectivity index (χ3n) is 2.60. The highest BCUT2D eigenvalue weighted by molar-refractivity contribution is 5.79. The van der Waals surface area contributed by atoms with Gasteiger partial charge in [-0.2, -0.15) is 0 Å². The van der Waals surface area contributed by atoms with Crippen molar-refractivity contribution in [2.75, 3.05) is 0 Å². The zero-order valence-electron chi connectivity index (χ0n) is 9.16. The van der Waals surface area contributed by atoms with Gasteiger partial charge in [0, 0.05) is 6.42 Å². The van der Waals surface area contributed by atoms with Crippen LogP contribution in [-0.4, -0.2) is 21.0 Å². The van der Waals surface area contributed by atoms with Crippen LogP contribution in [0.2, 0.25) is 0 Å². The van der Waals surface area contributed by atoms with Gasteiger partial charge in [0.15, 0.2) is 0 Å². The van der Waals surface area contributed by atoms with Crippen LogP contribution in [0.25, 0.3) is 11.0 Å². The van der Waals surface area contributed by atoms with E-state index in [2.05, 4.69) is 16.9 Å². The fourth-order valence-electron chi connectivity index (χ4n) is 1.77. The van der Waals surface area contributed by atoms with Crippen molar-refractivity contribution in [3.8, 4) is 0 Å². The summed E-state index contributed by atoms with van der Waals surface area (Å²) in [5, 5.41) is 8.61. The second-order valence-electron chi connectivity index (χ2n) is 3.74. The minimum atomic E-state index is -0.795. The second-order valence-corrected chi connectivity index (χ2v) is 3.74. The number of aliphatic carboxylic acids is 1. The van der Waals surface area contributed by atoms with Crippen molar-refractivity contribution in [2.45, 2.75) is 26.2 Å². The molecule has 0 bridgehead atoms. The molecule has 16 heavy (non-hydrogen) atoms. The summed E-state index contributed by atoms with van der Waals surface area (Å²) in [7, 11) is 0. The zero-order chi connectivity index (χ0) is 11.5. The Morgan fingerprint density at radius 3 is 3.00 bits per heavy atom. The lowest BCUT2D eigenvalue weighted by Crippen LogP contribution is -1.98. The Kier molecular flexibility index (Phi) is 2.90. The molecule has 0 fully saturated rings. The van der Waals surface area contributed by atoms with Crippen LogP contribution in [0.15, 0.2) is 18.2 Å². The van der Waals surface area contributed by atoms with E-state index < -0.39 is 5.97 Å². The topological polar surface area (TPSA) is 66.0 Å². The third kappa shape index (κ3) is 2.05. The summed E-state index contributed by atoms with van der Waals surface area (Å²) in [5.74, 6) is -0.0468. The number of aromatic amines is 1. The Morgan fingerprint density at radius 1 is 1.50 bits per heavy atom. The van der Waals surface area contributed by atoms with E-state index in [0.717, 1.165) is 23.3 Å². The maximum absolute atomic E-state index is 10.5. The van der Waals surface area contributed by atoms with Gasteiger partial charge >= 0.3 is 5.97 Å². The summed E-state index contributed by atoms with van der Waals surface area (Å²) in [4.78, 5) is 18.1. The first-order valence-corrected chi connectivity index (χ1v) is 5.39. The molecule has 2 rings (SSSR count). The third-order valence-corrected chi connectivity index (χ3v) is 2.60. The summed E-state index contributed by atoms with van der Waals surface area (Å²) in [6.45, 7) is 2.08. The summed E-state index contributed by atoms with van der Waals surface area (Å²) in [5.41, 5.74) is 3.14. The van der Waals surface area contributed by atoms with E-state index in [1.165, 1.54) is 5.56 Å². The van der Waals surface area contributed by atoms with Crippen molar-refractivity contribution >= 4 is 17.0 Å². The van der Waals surface area contributed by atoms with Crippen molar-refractivity contribution < 1.29 is 9.90 Å². The Bertz CT molecular complexity index is 517. The Morgan fingerprint density at radius 2 is 2.31 bits per heavy atom. The number of fused-ring (bicyclic) bond motifs is 1. The van der Waals surface area contributed by atoms with Crippen LogP contribution in [0.1, 0.15) is 24.7 Å². The number of rotatable bonds is 4. The Hall–Kier alpha value is -1.84. The minimum Gasteiger partial charge on any atom is -0.481 e. The number of hydrogen-bond acceptors (Lipinski definition) is 2. The number of nitrogens with one attached hydrogen (secondary N) is 1. The number of para-hydroxylation sites is 1. The standard InChI is InChI=1S/C12H14N2O2/c1-2-8-4-3-5-9-12(8)14-10(13-9)6-7-11(15)16/h3-5H,2,6-7H2,1H3,(H,13,14)(H,15,16). The molecule has 0 aliphatic rings. The maximum Gasteiger partial charge on any atom is 0.303 e. The lowest BCUT2D eigenvalue weighted by molar-refractivity contribution is -0.137. The molecular formula is C12H14N2O2. The molecule has 0 saturated heterocycles. The van der Waals surface area contributed by atoms with Gasteiger partial charge in [-0.1, -0.05) is 19.1 Å². The summed E-state index contributed by atoms with van der Waals surface area (Å²) < 4.78 is 0. The van der Waals surface area contributed by atoms with Crippen LogP contribution < -0.4 is 0 Å². The molecule has 0 spiro atoms. The first-order valence-electron chi connectivity index (χ1n) is 5.39. The van der Waals surface area contributed by atoms with Gasteiger partial charge in [-0.05, 0) is 18.1 Å². The average Bonchev–Trinajstić information content (AvgIpc) is 2.68. The number of H-pyrrole nitrogens is 1. The van der Waals surface area contributed by atoms with Crippen LogP contribution in [0.5, 0.6) is 0 Å². The predicted octanol–water partition coefficient (Wildman–Crippen LogP) is 2.14. The molecule has 0 atom stereocenters. The minimum absolute atomic E-state index is 0.112. The molecule has 1 aromatic carbocycles. The number of imidazole rings is 1. The van der Waals surface area contributed by atoms with E-state index in [1.54, 1.807) is 0 Å². The van der Waals surface area contributed by atoms with Gasteiger partial charge in [-0.3, -0.25) is 4.79 Å². The lowest BCUT2D eigenvalue weighted by atomic mass is 10.1. The molecule has 0 saturated carbocycles. The fraction of sp³-hybridized carbons (Fsp3) is 0.333. The van der Waals surface area contributed by atoms with Crippen molar-refractivity contribution in [2.24, 2.45) is 0 Å². The SMILES string of the molecule is CCc1cccc2[nH]c(CCC(=O)O)nc12. The number of aromatic nitrogens is 2. The van der Waals surface area contributed by atoms with E-state index in [4.69, 9.17) is 5.11 Å². The van der Waals surface area contributed by atoms with Crippen LogP contribution in [0, 0.1) is 0 Å². The van der Waals surface area contributed by atoms with Gasteiger partial charge in [0.2, 0.25) is 0 Å². The number of aryl methyl sites for hydroxylation is 2. The summed E-state index contributed by atoms with van der Waals surface area (Å²) in [6.07, 6.45) is 1.50. The molecule has 0 amide bonds. The van der Waals surface area contributed by atoms with Gasteiger partial charge in [-0.25, -0.2) is 4.98 Å². The molecule has 0 radical (unpaired) electrons. The van der Waals surface area contributed by atoms with Gasteiger partial charge in [-0.15, -0.1) is 0 Å². The number of nitrogens with zero attached hydrogens (tertiary/aromatic N) is 1. The van der Waals surface area contributed by atoms with E-state index in [0.29, 0.717) is 6.42 Å². The highest BCUT2D eigenvalue weighted by Gasteiger charge is 2.07. The van der Waals surface area contributed by atoms with E-state index >= 15 is 0 Å². The van der Waals surface area contributed by atoms with Gasteiger partial charge in [0.1, 0.15) is 5.82 Å². The number of carboxylic acids is 1. The fourth-order valence-corrected chi connectivity index (χ4v) is 1.77. The molecule has 1 heterocycles. The van der Waals surface area contributed by atoms with Gasteiger partial charge < -0.3 is 10.1 Å². The monoisotopic (exact) mass is 218 g/mol. The van der Waals surface area contributed by atoms with Gasteiger partial charge in [0.25, 0.3) is 0 Å². The van der Waals surface area contributed by atoms with Crippen LogP contribution in [-0.2, 0) is 17.6 Å². The molecule has 2 N–H and O–H groups in total. The summed E-state index contributed by atoms with van der Waals surface area (Å²) in [6, 6.07) is 6.00. The second kappa shape index (κ2) is 4.35. The van der Waals surface area contributed by atoms with Crippen molar-refractivity contribution in [1.29, 1.82) is 0 Å². The van der Waals surface area contributed by atoms with Crippen molar-refractivity contribution in [1.82, 2.24) is 9.97 Å². The normalized spacial score (nSPS) is 10.8. The van der Waals surface area contributed by atoms with Crippen LogP contribution in [0.3, 0.4) is 0 Å². The Labute approximate surface area is 93.3 Å².